The Kier molecular flexibility index (Phi) is 7.61. The van der Waals surface area contributed by atoms with Crippen LogP contribution in [0.25, 0.3) is 0 Å². The van der Waals surface area contributed by atoms with Crippen LogP contribution in [0.1, 0.15) is 38.2 Å². The number of rotatable bonds is 4. The highest BCUT2D eigenvalue weighted by atomic mass is 35.5. The minimum absolute atomic E-state index is 0.000934. The number of ether oxygens (including phenoxy) is 1. The number of fused-ring (bicyclic) bond motifs is 1. The fourth-order valence-corrected chi connectivity index (χ4v) is 6.75. The second kappa shape index (κ2) is 10.8. The van der Waals surface area contributed by atoms with Crippen molar-refractivity contribution in [2.75, 3.05) is 12.4 Å². The zero-order chi connectivity index (χ0) is 28.8. The lowest BCUT2D eigenvalue weighted by atomic mass is 9.74. The number of methoxy groups -OCH3 is 1. The van der Waals surface area contributed by atoms with Gasteiger partial charge in [-0.25, -0.2) is 9.18 Å². The number of amides is 1. The Balaban J connectivity index is 1.54. The Labute approximate surface area is 241 Å². The lowest BCUT2D eigenvalue weighted by Crippen LogP contribution is -2.53. The number of nitrogens with zero attached hydrogens (tertiary/aromatic N) is 1. The van der Waals surface area contributed by atoms with Crippen molar-refractivity contribution in [2.24, 2.45) is 16.9 Å². The number of hydrazone groups is 1. The molecule has 1 heterocycles. The number of benzene rings is 2. The molecule has 4 atom stereocenters. The van der Waals surface area contributed by atoms with Crippen molar-refractivity contribution in [1.29, 1.82) is 0 Å². The fraction of sp³-hybridized carbons (Fsp3) is 0.300. The van der Waals surface area contributed by atoms with Crippen LogP contribution in [0.4, 0.5) is 10.1 Å². The Morgan fingerprint density at radius 1 is 1.18 bits per heavy atom. The van der Waals surface area contributed by atoms with Crippen LogP contribution in [0.2, 0.25) is 10.0 Å². The van der Waals surface area contributed by atoms with Gasteiger partial charge in [-0.3, -0.25) is 10.1 Å². The highest BCUT2D eigenvalue weighted by Gasteiger charge is 2.58. The number of carbonyl (C=O) groups excluding carboxylic acids is 2. The summed E-state index contributed by atoms with van der Waals surface area (Å²) in [6.45, 7) is 3.57. The summed E-state index contributed by atoms with van der Waals surface area (Å²) in [6, 6.07) is 11.6. The van der Waals surface area contributed by atoms with Gasteiger partial charge in [-0.1, -0.05) is 53.1 Å². The van der Waals surface area contributed by atoms with Gasteiger partial charge in [0.05, 0.1) is 23.4 Å². The molecule has 4 N–H and O–H groups in total. The predicted molar refractivity (Wildman–Crippen MR) is 155 cm³/mol. The fourth-order valence-electron chi connectivity index (χ4n) is 6.38. The van der Waals surface area contributed by atoms with Crippen molar-refractivity contribution < 1.29 is 18.7 Å². The van der Waals surface area contributed by atoms with Crippen molar-refractivity contribution >= 4 is 46.5 Å². The maximum absolute atomic E-state index is 15.6. The lowest BCUT2D eigenvalue weighted by Gasteiger charge is -2.34. The summed E-state index contributed by atoms with van der Waals surface area (Å²) in [5.74, 6) is 3.80. The quantitative estimate of drug-likeness (QED) is 0.245. The maximum atomic E-state index is 15.6. The van der Waals surface area contributed by atoms with E-state index in [2.05, 4.69) is 15.7 Å². The van der Waals surface area contributed by atoms with E-state index in [0.29, 0.717) is 46.0 Å². The van der Waals surface area contributed by atoms with Crippen LogP contribution in [-0.2, 0) is 14.3 Å². The molecule has 10 heteroatoms. The molecule has 5 rings (SSSR count). The first-order valence-electron chi connectivity index (χ1n) is 12.9. The van der Waals surface area contributed by atoms with Crippen LogP contribution in [-0.4, -0.2) is 36.3 Å². The minimum Gasteiger partial charge on any atom is -0.465 e. The van der Waals surface area contributed by atoms with E-state index in [-0.39, 0.29) is 22.9 Å². The molecule has 0 bridgehead atoms. The number of halogens is 3. The first-order valence-corrected chi connectivity index (χ1v) is 13.6. The van der Waals surface area contributed by atoms with Crippen LogP contribution >= 0.6 is 23.2 Å². The van der Waals surface area contributed by atoms with Gasteiger partial charge in [0.1, 0.15) is 11.4 Å². The Hall–Kier alpha value is -3.46. The van der Waals surface area contributed by atoms with Crippen molar-refractivity contribution in [3.05, 3.63) is 98.3 Å². The average molecular weight is 583 g/mol. The van der Waals surface area contributed by atoms with E-state index in [4.69, 9.17) is 33.8 Å². The number of hydrogen-bond acceptors (Lipinski definition) is 6. The summed E-state index contributed by atoms with van der Waals surface area (Å²) in [4.78, 5) is 26.1. The number of hydrogen-bond donors (Lipinski definition) is 3. The van der Waals surface area contributed by atoms with E-state index in [0.717, 1.165) is 11.1 Å². The van der Waals surface area contributed by atoms with Gasteiger partial charge in [-0.05, 0) is 74.1 Å². The second-order valence-corrected chi connectivity index (χ2v) is 11.3. The Morgan fingerprint density at radius 3 is 2.62 bits per heavy atom. The second-order valence-electron chi connectivity index (χ2n) is 10.5. The highest BCUT2D eigenvalue weighted by molar-refractivity contribution is 6.31. The molecular formula is C30H29Cl2FN4O3. The third-order valence-corrected chi connectivity index (χ3v) is 8.74. The van der Waals surface area contributed by atoms with Crippen molar-refractivity contribution in [3.63, 3.8) is 0 Å². The van der Waals surface area contributed by atoms with E-state index in [1.54, 1.807) is 56.3 Å². The molecule has 208 valence electrons. The van der Waals surface area contributed by atoms with Gasteiger partial charge >= 0.3 is 5.97 Å². The van der Waals surface area contributed by atoms with Gasteiger partial charge in [0.15, 0.2) is 0 Å². The van der Waals surface area contributed by atoms with E-state index in [1.165, 1.54) is 13.2 Å². The summed E-state index contributed by atoms with van der Waals surface area (Å²) in [5, 5.41) is 11.0. The SMILES string of the molecule is COC(=O)C1=C(C)C(=N/N)/C(=C2\C[C@@H]3[C@H](C2)N[C@@](C)(C(=O)Nc2cccc(Cl)c2)[C@H]3c2cccc(Cl)c2F)C=C1. The maximum Gasteiger partial charge on any atom is 0.338 e. The molecule has 0 aromatic heterocycles. The van der Waals surface area contributed by atoms with Crippen LogP contribution in [0.5, 0.6) is 0 Å². The Morgan fingerprint density at radius 2 is 1.93 bits per heavy atom. The number of carbonyl (C=O) groups is 2. The van der Waals surface area contributed by atoms with Crippen LogP contribution < -0.4 is 16.5 Å². The van der Waals surface area contributed by atoms with Gasteiger partial charge < -0.3 is 15.9 Å². The van der Waals surface area contributed by atoms with E-state index < -0.39 is 23.2 Å². The summed E-state index contributed by atoms with van der Waals surface area (Å²) in [6.07, 6.45) is 4.68. The normalized spacial score (nSPS) is 28.6. The largest absolute Gasteiger partial charge is 0.465 e. The molecule has 0 radical (unpaired) electrons. The smallest absolute Gasteiger partial charge is 0.338 e. The van der Waals surface area contributed by atoms with Gasteiger partial charge in [-0.2, -0.15) is 5.10 Å². The molecule has 1 amide bonds. The van der Waals surface area contributed by atoms with Gasteiger partial charge in [0.25, 0.3) is 0 Å². The number of esters is 1. The molecule has 3 aliphatic rings. The molecule has 1 saturated heterocycles. The molecule has 1 saturated carbocycles. The van der Waals surface area contributed by atoms with Crippen molar-refractivity contribution in [2.45, 2.75) is 44.2 Å². The zero-order valence-electron chi connectivity index (χ0n) is 22.2. The summed E-state index contributed by atoms with van der Waals surface area (Å²) in [7, 11) is 1.32. The molecule has 2 fully saturated rings. The zero-order valence-corrected chi connectivity index (χ0v) is 23.7. The molecule has 2 aromatic carbocycles. The molecule has 2 aromatic rings. The van der Waals surface area contributed by atoms with Crippen molar-refractivity contribution in [3.8, 4) is 0 Å². The van der Waals surface area contributed by atoms with Crippen LogP contribution in [0.15, 0.2) is 82.0 Å². The van der Waals surface area contributed by atoms with Gasteiger partial charge in [-0.15, -0.1) is 0 Å². The van der Waals surface area contributed by atoms with Gasteiger partial charge in [0, 0.05) is 28.2 Å². The highest BCUT2D eigenvalue weighted by Crippen LogP contribution is 2.53. The molecule has 0 spiro atoms. The molecule has 2 aliphatic carbocycles. The lowest BCUT2D eigenvalue weighted by molar-refractivity contribution is -0.135. The third-order valence-electron chi connectivity index (χ3n) is 8.22. The summed E-state index contributed by atoms with van der Waals surface area (Å²) in [5.41, 5.74) is 3.15. The number of anilines is 1. The number of nitrogens with two attached hydrogens (primary N) is 1. The summed E-state index contributed by atoms with van der Waals surface area (Å²) >= 11 is 12.3. The predicted octanol–water partition coefficient (Wildman–Crippen LogP) is 5.67. The van der Waals surface area contributed by atoms with Gasteiger partial charge in [0.2, 0.25) is 5.91 Å². The third kappa shape index (κ3) is 4.74. The molecule has 7 nitrogen and oxygen atoms in total. The Bertz CT molecular complexity index is 1530. The molecular weight excluding hydrogens is 554 g/mol. The minimum atomic E-state index is -1.15. The number of allylic oxidation sites excluding steroid dienone is 3. The van der Waals surface area contributed by atoms with Crippen LogP contribution in [0, 0.1) is 11.7 Å². The first-order chi connectivity index (χ1) is 19.1. The summed E-state index contributed by atoms with van der Waals surface area (Å²) < 4.78 is 20.4. The standard InChI is InChI=1S/C30H29Cl2FN4O3/c1-15-19(28(38)40-3)10-11-20(27(15)37-34)16-12-22-24(13-16)36-30(2,25(22)21-8-5-9-23(32)26(21)33)29(39)35-18-7-4-6-17(31)14-18/h4-11,14,22,24-25,36H,12-13,34H2,1-3H3,(H,35,39)/b20-16+,37-27-/t22-,24+,25+,30-/m1/s1. The van der Waals surface area contributed by atoms with Crippen LogP contribution in [0.3, 0.4) is 0 Å². The van der Waals surface area contributed by atoms with E-state index in [1.807, 2.05) is 6.08 Å². The number of nitrogens with one attached hydrogen (secondary N) is 2. The van der Waals surface area contributed by atoms with Crippen molar-refractivity contribution in [1.82, 2.24) is 5.32 Å². The van der Waals surface area contributed by atoms with E-state index >= 15 is 4.39 Å². The molecule has 40 heavy (non-hydrogen) atoms. The molecule has 1 aliphatic heterocycles. The topological polar surface area (TPSA) is 106 Å². The average Bonchev–Trinajstić information content (AvgIpc) is 3.44. The van der Waals surface area contributed by atoms with E-state index in [9.17, 15) is 9.59 Å². The monoisotopic (exact) mass is 582 g/mol. The first kappa shape index (κ1) is 28.1. The molecule has 0 unspecified atom stereocenters.